The minimum atomic E-state index is -4.19. The first kappa shape index (κ1) is 22.4. The Morgan fingerprint density at radius 1 is 0.862 bits per heavy atom. The van der Waals surface area contributed by atoms with Crippen LogP contribution >= 0.6 is 0 Å². The second-order valence-electron chi connectivity index (χ2n) is 8.88. The molecular weight excluding hydrogens is 373 g/mol. The molecule has 0 N–H and O–H groups in total. The number of hydrogen-bond acceptors (Lipinski definition) is 1. The van der Waals surface area contributed by atoms with E-state index in [0.29, 0.717) is 24.0 Å². The Labute approximate surface area is 173 Å². The van der Waals surface area contributed by atoms with Crippen molar-refractivity contribution in [1.29, 1.82) is 0 Å². The Balaban J connectivity index is 1.45. The first-order chi connectivity index (χ1) is 13.9. The normalized spacial score (nSPS) is 28.7. The van der Waals surface area contributed by atoms with Crippen molar-refractivity contribution >= 4 is 0 Å². The van der Waals surface area contributed by atoms with Gasteiger partial charge in [0.25, 0.3) is 0 Å². The SMILES string of the molecule is CCCCO[C@H]1CC[C@H](c2ccc([C@H]3CC[C@H](/C=C/C(F)(F)F)CC3)cc2)CC1. The maximum atomic E-state index is 12.3. The quantitative estimate of drug-likeness (QED) is 0.329. The van der Waals surface area contributed by atoms with Crippen LogP contribution in [0.15, 0.2) is 36.4 Å². The number of allylic oxidation sites excluding steroid dienone is 2. The third-order valence-electron chi connectivity index (χ3n) is 6.73. The number of alkyl halides is 3. The van der Waals surface area contributed by atoms with Gasteiger partial charge in [0, 0.05) is 12.7 Å². The summed E-state index contributed by atoms with van der Waals surface area (Å²) in [5, 5.41) is 0. The van der Waals surface area contributed by atoms with Crippen LogP contribution in [0, 0.1) is 5.92 Å². The fraction of sp³-hybridized carbons (Fsp3) is 0.680. The fourth-order valence-electron chi connectivity index (χ4n) is 4.89. The van der Waals surface area contributed by atoms with Crippen LogP contribution in [0.1, 0.15) is 94.1 Å². The molecule has 0 aliphatic heterocycles. The smallest absolute Gasteiger partial charge is 0.378 e. The molecule has 162 valence electrons. The van der Waals surface area contributed by atoms with Crippen LogP contribution in [0.4, 0.5) is 13.2 Å². The van der Waals surface area contributed by atoms with Gasteiger partial charge in [-0.05, 0) is 86.7 Å². The highest BCUT2D eigenvalue weighted by Crippen LogP contribution is 2.39. The van der Waals surface area contributed by atoms with Gasteiger partial charge in [-0.2, -0.15) is 13.2 Å². The second kappa shape index (κ2) is 10.7. The maximum Gasteiger partial charge on any atom is 0.409 e. The molecule has 3 rings (SSSR count). The molecule has 1 aromatic carbocycles. The molecule has 2 fully saturated rings. The third kappa shape index (κ3) is 7.16. The zero-order chi connectivity index (χ0) is 20.7. The van der Waals surface area contributed by atoms with Gasteiger partial charge in [0.2, 0.25) is 0 Å². The summed E-state index contributed by atoms with van der Waals surface area (Å²) in [6.45, 7) is 3.09. The molecule has 0 spiro atoms. The largest absolute Gasteiger partial charge is 0.409 e. The minimum Gasteiger partial charge on any atom is -0.378 e. The number of hydrogen-bond donors (Lipinski definition) is 0. The number of unbranched alkanes of at least 4 members (excludes halogenated alkanes) is 1. The summed E-state index contributed by atoms with van der Waals surface area (Å²) in [7, 11) is 0. The monoisotopic (exact) mass is 408 g/mol. The van der Waals surface area contributed by atoms with E-state index in [1.165, 1.54) is 36.5 Å². The van der Waals surface area contributed by atoms with E-state index in [9.17, 15) is 13.2 Å². The van der Waals surface area contributed by atoms with Crippen LogP contribution in [0.25, 0.3) is 0 Å². The van der Waals surface area contributed by atoms with Gasteiger partial charge >= 0.3 is 6.18 Å². The van der Waals surface area contributed by atoms with Crippen LogP contribution in [-0.4, -0.2) is 18.9 Å². The number of benzene rings is 1. The van der Waals surface area contributed by atoms with Crippen LogP contribution in [0.3, 0.4) is 0 Å². The van der Waals surface area contributed by atoms with Gasteiger partial charge in [0.15, 0.2) is 0 Å². The average Bonchev–Trinajstić information content (AvgIpc) is 2.73. The zero-order valence-electron chi connectivity index (χ0n) is 17.6. The van der Waals surface area contributed by atoms with E-state index in [1.54, 1.807) is 0 Å². The van der Waals surface area contributed by atoms with Crippen LogP contribution < -0.4 is 0 Å². The Morgan fingerprint density at radius 2 is 1.38 bits per heavy atom. The predicted molar refractivity (Wildman–Crippen MR) is 112 cm³/mol. The van der Waals surface area contributed by atoms with Gasteiger partial charge in [-0.3, -0.25) is 0 Å². The first-order valence-corrected chi connectivity index (χ1v) is 11.4. The maximum absolute atomic E-state index is 12.3. The fourth-order valence-corrected chi connectivity index (χ4v) is 4.89. The van der Waals surface area contributed by atoms with E-state index >= 15 is 0 Å². The molecular formula is C25H35F3O. The summed E-state index contributed by atoms with van der Waals surface area (Å²) in [6, 6.07) is 9.09. The first-order valence-electron chi connectivity index (χ1n) is 11.4. The Bertz CT molecular complexity index is 618. The summed E-state index contributed by atoms with van der Waals surface area (Å²) in [4.78, 5) is 0. The molecule has 0 radical (unpaired) electrons. The van der Waals surface area contributed by atoms with Crippen molar-refractivity contribution in [2.24, 2.45) is 5.92 Å². The summed E-state index contributed by atoms with van der Waals surface area (Å²) >= 11 is 0. The van der Waals surface area contributed by atoms with Gasteiger partial charge in [-0.15, -0.1) is 0 Å². The number of ether oxygens (including phenoxy) is 1. The van der Waals surface area contributed by atoms with Crippen LogP contribution in [-0.2, 0) is 4.74 Å². The van der Waals surface area contributed by atoms with Gasteiger partial charge < -0.3 is 4.74 Å². The molecule has 4 heteroatoms. The molecule has 29 heavy (non-hydrogen) atoms. The van der Waals surface area contributed by atoms with Crippen molar-refractivity contribution in [3.63, 3.8) is 0 Å². The molecule has 1 nitrogen and oxygen atoms in total. The summed E-state index contributed by atoms with van der Waals surface area (Å²) in [5.74, 6) is 1.20. The highest BCUT2D eigenvalue weighted by molar-refractivity contribution is 5.28. The second-order valence-corrected chi connectivity index (χ2v) is 8.88. The highest BCUT2D eigenvalue weighted by Gasteiger charge is 2.26. The van der Waals surface area contributed by atoms with E-state index in [4.69, 9.17) is 4.74 Å². The molecule has 0 unspecified atom stereocenters. The Morgan fingerprint density at radius 3 is 1.86 bits per heavy atom. The highest BCUT2D eigenvalue weighted by atomic mass is 19.4. The summed E-state index contributed by atoms with van der Waals surface area (Å²) in [5.41, 5.74) is 2.78. The molecule has 0 bridgehead atoms. The zero-order valence-corrected chi connectivity index (χ0v) is 17.6. The lowest BCUT2D eigenvalue weighted by Crippen LogP contribution is -2.21. The molecule has 0 saturated heterocycles. The molecule has 2 aliphatic carbocycles. The van der Waals surface area contributed by atoms with Crippen molar-refractivity contribution in [1.82, 2.24) is 0 Å². The van der Waals surface area contributed by atoms with E-state index in [0.717, 1.165) is 51.6 Å². The lowest BCUT2D eigenvalue weighted by molar-refractivity contribution is -0.0803. The summed E-state index contributed by atoms with van der Waals surface area (Å²) < 4.78 is 43.0. The number of rotatable bonds is 7. The van der Waals surface area contributed by atoms with Gasteiger partial charge in [-0.1, -0.05) is 43.7 Å². The van der Waals surface area contributed by atoms with E-state index in [2.05, 4.69) is 31.2 Å². The molecule has 2 saturated carbocycles. The topological polar surface area (TPSA) is 9.23 Å². The molecule has 1 aromatic rings. The standard InChI is InChI=1S/C25H35F3O/c1-2-3-18-29-24-14-12-23(13-15-24)22-10-8-21(9-11-22)20-6-4-19(5-7-20)16-17-25(26,27)28/h8-11,16-17,19-20,23-24H,2-7,12-15,18H2,1H3/b17-16+/t19-,20-,23-,24-. The van der Waals surface area contributed by atoms with Gasteiger partial charge in [0.1, 0.15) is 0 Å². The van der Waals surface area contributed by atoms with Crippen molar-refractivity contribution in [2.75, 3.05) is 6.61 Å². The van der Waals surface area contributed by atoms with Crippen LogP contribution in [0.5, 0.6) is 0 Å². The van der Waals surface area contributed by atoms with Crippen molar-refractivity contribution in [3.05, 3.63) is 47.5 Å². The van der Waals surface area contributed by atoms with Crippen molar-refractivity contribution < 1.29 is 17.9 Å². The number of halogens is 3. The Kier molecular flexibility index (Phi) is 8.23. The molecule has 2 aliphatic rings. The lowest BCUT2D eigenvalue weighted by atomic mass is 9.77. The third-order valence-corrected chi connectivity index (χ3v) is 6.73. The van der Waals surface area contributed by atoms with E-state index < -0.39 is 6.18 Å². The lowest BCUT2D eigenvalue weighted by Gasteiger charge is -2.30. The Hall–Kier alpha value is -1.29. The van der Waals surface area contributed by atoms with Gasteiger partial charge in [0.05, 0.1) is 6.10 Å². The summed E-state index contributed by atoms with van der Waals surface area (Å²) in [6.07, 6.45) is 8.75. The van der Waals surface area contributed by atoms with E-state index in [-0.39, 0.29) is 5.92 Å². The average molecular weight is 409 g/mol. The molecule has 0 atom stereocenters. The van der Waals surface area contributed by atoms with Crippen molar-refractivity contribution in [2.45, 2.75) is 95.2 Å². The molecule has 0 heterocycles. The molecule has 0 aromatic heterocycles. The molecule has 0 amide bonds. The van der Waals surface area contributed by atoms with Crippen molar-refractivity contribution in [3.8, 4) is 0 Å². The van der Waals surface area contributed by atoms with Crippen LogP contribution in [0.2, 0.25) is 0 Å². The van der Waals surface area contributed by atoms with E-state index in [1.807, 2.05) is 0 Å². The van der Waals surface area contributed by atoms with Gasteiger partial charge in [-0.25, -0.2) is 0 Å². The predicted octanol–water partition coefficient (Wildman–Crippen LogP) is 7.92. The minimum absolute atomic E-state index is 0.0712.